The first-order valence-corrected chi connectivity index (χ1v) is 10.9. The molecule has 0 saturated heterocycles. The second kappa shape index (κ2) is 9.68. The molecule has 1 aromatic heterocycles. The quantitative estimate of drug-likeness (QED) is 0.593. The van der Waals surface area contributed by atoms with Crippen LogP contribution in [-0.2, 0) is 19.5 Å². The Kier molecular flexibility index (Phi) is 6.54. The number of benzene rings is 2. The zero-order valence-corrected chi connectivity index (χ0v) is 18.5. The van der Waals surface area contributed by atoms with Gasteiger partial charge in [-0.15, -0.1) is 0 Å². The van der Waals surface area contributed by atoms with Crippen LogP contribution in [0.3, 0.4) is 0 Å². The van der Waals surface area contributed by atoms with Crippen LogP contribution in [0.2, 0.25) is 0 Å². The van der Waals surface area contributed by atoms with Crippen molar-refractivity contribution >= 4 is 11.8 Å². The molecule has 0 fully saturated rings. The molecule has 32 heavy (non-hydrogen) atoms. The second-order valence-corrected chi connectivity index (χ2v) is 8.11. The van der Waals surface area contributed by atoms with Crippen LogP contribution in [0.5, 0.6) is 5.75 Å². The highest BCUT2D eigenvalue weighted by Crippen LogP contribution is 2.18. The maximum atomic E-state index is 13.0. The van der Waals surface area contributed by atoms with Gasteiger partial charge in [0.1, 0.15) is 11.4 Å². The number of ether oxygens (including phenoxy) is 1. The topological polar surface area (TPSA) is 76.5 Å². The zero-order valence-electron chi connectivity index (χ0n) is 18.5. The van der Waals surface area contributed by atoms with Gasteiger partial charge < -0.3 is 15.0 Å². The van der Waals surface area contributed by atoms with Gasteiger partial charge in [0.2, 0.25) is 0 Å². The minimum absolute atomic E-state index is 0.00343. The molecule has 3 aromatic rings. The van der Waals surface area contributed by atoms with Gasteiger partial charge >= 0.3 is 0 Å². The summed E-state index contributed by atoms with van der Waals surface area (Å²) in [5.41, 5.74) is 3.00. The highest BCUT2D eigenvalue weighted by atomic mass is 16.5. The van der Waals surface area contributed by atoms with Crippen molar-refractivity contribution < 1.29 is 14.3 Å². The normalized spacial score (nSPS) is 14.1. The van der Waals surface area contributed by atoms with Crippen molar-refractivity contribution in [3.63, 3.8) is 0 Å². The maximum absolute atomic E-state index is 13.0. The fourth-order valence-corrected chi connectivity index (χ4v) is 3.85. The second-order valence-electron chi connectivity index (χ2n) is 8.11. The van der Waals surface area contributed by atoms with Crippen molar-refractivity contribution in [1.29, 1.82) is 0 Å². The molecular formula is C25H28N4O3. The van der Waals surface area contributed by atoms with E-state index < -0.39 is 0 Å². The van der Waals surface area contributed by atoms with Crippen molar-refractivity contribution in [3.8, 4) is 5.75 Å². The van der Waals surface area contributed by atoms with Gasteiger partial charge in [-0.2, -0.15) is 5.10 Å². The number of amides is 2. The van der Waals surface area contributed by atoms with E-state index in [2.05, 4.69) is 22.5 Å². The lowest BCUT2D eigenvalue weighted by Crippen LogP contribution is -2.39. The fourth-order valence-electron chi connectivity index (χ4n) is 3.85. The summed E-state index contributed by atoms with van der Waals surface area (Å²) in [5.74, 6) is 0.420. The van der Waals surface area contributed by atoms with Crippen molar-refractivity contribution in [2.75, 3.05) is 13.7 Å². The van der Waals surface area contributed by atoms with E-state index in [1.54, 1.807) is 22.8 Å². The highest BCUT2D eigenvalue weighted by Gasteiger charge is 2.28. The predicted molar refractivity (Wildman–Crippen MR) is 122 cm³/mol. The van der Waals surface area contributed by atoms with Crippen LogP contribution in [0.25, 0.3) is 0 Å². The van der Waals surface area contributed by atoms with E-state index in [0.717, 1.165) is 24.2 Å². The third-order valence-corrected chi connectivity index (χ3v) is 5.72. The Morgan fingerprint density at radius 2 is 1.84 bits per heavy atom. The lowest BCUT2D eigenvalue weighted by molar-refractivity contribution is 0.0683. The SMILES string of the molecule is COc1ccc(CN2CCn3nc(C(=O)N[C@@H](C)CCc4ccccc4)cc3C2=O)cc1. The first-order chi connectivity index (χ1) is 15.5. The Morgan fingerprint density at radius 3 is 2.56 bits per heavy atom. The van der Waals surface area contributed by atoms with E-state index in [1.807, 2.05) is 49.4 Å². The molecule has 7 heteroatoms. The number of carbonyl (C=O) groups excluding carboxylic acids is 2. The number of carbonyl (C=O) groups is 2. The number of nitrogens with zero attached hydrogens (tertiary/aromatic N) is 3. The van der Waals surface area contributed by atoms with E-state index in [4.69, 9.17) is 4.74 Å². The molecule has 1 N–H and O–H groups in total. The van der Waals surface area contributed by atoms with Crippen LogP contribution in [0, 0.1) is 0 Å². The minimum Gasteiger partial charge on any atom is -0.497 e. The number of rotatable bonds is 8. The first kappa shape index (κ1) is 21.6. The van der Waals surface area contributed by atoms with Gasteiger partial charge in [-0.3, -0.25) is 14.3 Å². The molecule has 2 heterocycles. The summed E-state index contributed by atoms with van der Waals surface area (Å²) in [7, 11) is 1.63. The number of fused-ring (bicyclic) bond motifs is 1. The van der Waals surface area contributed by atoms with E-state index in [1.165, 1.54) is 5.56 Å². The van der Waals surface area contributed by atoms with Crippen LogP contribution in [-0.4, -0.2) is 46.2 Å². The molecule has 0 saturated carbocycles. The molecule has 0 aliphatic carbocycles. The highest BCUT2D eigenvalue weighted by molar-refractivity contribution is 5.98. The molecule has 0 radical (unpaired) electrons. The molecule has 0 unspecified atom stereocenters. The van der Waals surface area contributed by atoms with E-state index >= 15 is 0 Å². The van der Waals surface area contributed by atoms with Gasteiger partial charge in [-0.25, -0.2) is 0 Å². The number of hydrogen-bond acceptors (Lipinski definition) is 4. The number of aryl methyl sites for hydroxylation is 1. The average Bonchev–Trinajstić information content (AvgIpc) is 3.26. The molecule has 2 aromatic carbocycles. The standard InChI is InChI=1S/C25H28N4O3/c1-18(8-9-19-6-4-3-5-7-19)26-24(30)22-16-23-25(31)28(14-15-29(23)27-22)17-20-10-12-21(32-2)13-11-20/h3-7,10-13,16,18H,8-9,14-15,17H2,1-2H3,(H,26,30)/t18-/m0/s1. The Bertz CT molecular complexity index is 1080. The number of nitrogens with one attached hydrogen (secondary N) is 1. The van der Waals surface area contributed by atoms with Gasteiger partial charge in [0.05, 0.1) is 13.7 Å². The molecule has 2 amide bonds. The summed E-state index contributed by atoms with van der Waals surface area (Å²) in [6.45, 7) is 3.60. The summed E-state index contributed by atoms with van der Waals surface area (Å²) >= 11 is 0. The lowest BCUT2D eigenvalue weighted by Gasteiger charge is -2.27. The number of methoxy groups -OCH3 is 1. The Labute approximate surface area is 188 Å². The third-order valence-electron chi connectivity index (χ3n) is 5.72. The predicted octanol–water partition coefficient (Wildman–Crippen LogP) is 3.30. The van der Waals surface area contributed by atoms with Gasteiger partial charge in [0, 0.05) is 25.2 Å². The molecule has 7 nitrogen and oxygen atoms in total. The van der Waals surface area contributed by atoms with E-state index in [9.17, 15) is 9.59 Å². The third kappa shape index (κ3) is 4.99. The molecule has 1 atom stereocenters. The van der Waals surface area contributed by atoms with Crippen LogP contribution in [0.1, 0.15) is 45.4 Å². The zero-order chi connectivity index (χ0) is 22.5. The summed E-state index contributed by atoms with van der Waals surface area (Å²) in [4.78, 5) is 27.5. The van der Waals surface area contributed by atoms with Crippen molar-refractivity contribution in [2.45, 2.75) is 38.9 Å². The fraction of sp³-hybridized carbons (Fsp3) is 0.320. The Balaban J connectivity index is 1.36. The van der Waals surface area contributed by atoms with E-state index in [0.29, 0.717) is 25.3 Å². The average molecular weight is 433 g/mol. The summed E-state index contributed by atoms with van der Waals surface area (Å²) < 4.78 is 6.82. The van der Waals surface area contributed by atoms with Gasteiger partial charge in [-0.05, 0) is 43.0 Å². The van der Waals surface area contributed by atoms with Gasteiger partial charge in [-0.1, -0.05) is 42.5 Å². The van der Waals surface area contributed by atoms with Crippen LogP contribution < -0.4 is 10.1 Å². The molecular weight excluding hydrogens is 404 g/mol. The van der Waals surface area contributed by atoms with Crippen molar-refractivity contribution in [2.24, 2.45) is 0 Å². The summed E-state index contributed by atoms with van der Waals surface area (Å²) in [6.07, 6.45) is 1.72. The molecule has 0 bridgehead atoms. The number of aromatic nitrogens is 2. The molecule has 1 aliphatic rings. The van der Waals surface area contributed by atoms with Crippen LogP contribution in [0.15, 0.2) is 60.7 Å². The molecule has 0 spiro atoms. The molecule has 166 valence electrons. The van der Waals surface area contributed by atoms with Crippen molar-refractivity contribution in [3.05, 3.63) is 83.2 Å². The minimum atomic E-state index is -0.248. The first-order valence-electron chi connectivity index (χ1n) is 10.9. The molecule has 4 rings (SSSR count). The van der Waals surface area contributed by atoms with Gasteiger partial charge in [0.25, 0.3) is 11.8 Å². The maximum Gasteiger partial charge on any atom is 0.272 e. The monoisotopic (exact) mass is 432 g/mol. The Morgan fingerprint density at radius 1 is 1.09 bits per heavy atom. The lowest BCUT2D eigenvalue weighted by atomic mass is 10.1. The largest absolute Gasteiger partial charge is 0.497 e. The molecule has 1 aliphatic heterocycles. The smallest absolute Gasteiger partial charge is 0.272 e. The Hall–Kier alpha value is -3.61. The number of hydrogen-bond donors (Lipinski definition) is 1. The van der Waals surface area contributed by atoms with Gasteiger partial charge in [0.15, 0.2) is 5.69 Å². The summed E-state index contributed by atoms with van der Waals surface area (Å²) in [6, 6.07) is 19.5. The van der Waals surface area contributed by atoms with Crippen LogP contribution >= 0.6 is 0 Å². The van der Waals surface area contributed by atoms with Crippen molar-refractivity contribution in [1.82, 2.24) is 20.0 Å². The summed E-state index contributed by atoms with van der Waals surface area (Å²) in [5, 5.41) is 7.38. The van der Waals surface area contributed by atoms with Crippen LogP contribution in [0.4, 0.5) is 0 Å². The van der Waals surface area contributed by atoms with E-state index in [-0.39, 0.29) is 23.6 Å².